The quantitative estimate of drug-likeness (QED) is 0.514. The van der Waals surface area contributed by atoms with E-state index in [1.54, 1.807) is 0 Å². The molecule has 0 amide bonds. The first-order valence-corrected chi connectivity index (χ1v) is 3.43. The second-order valence-corrected chi connectivity index (χ2v) is 2.01. The fourth-order valence-electron chi connectivity index (χ4n) is 0.652. The molecule has 0 aliphatic carbocycles. The van der Waals surface area contributed by atoms with Crippen LogP contribution >= 0.6 is 0 Å². The van der Waals surface area contributed by atoms with Gasteiger partial charge in [-0.25, -0.2) is 9.37 Å². The van der Waals surface area contributed by atoms with E-state index in [-0.39, 0.29) is 5.82 Å². The van der Waals surface area contributed by atoms with E-state index in [9.17, 15) is 4.39 Å². The average Bonchev–Trinajstić information content (AvgIpc) is 2.01. The highest BCUT2D eigenvalue weighted by Crippen LogP contribution is 1.96. The molecule has 0 saturated carbocycles. The van der Waals surface area contributed by atoms with Crippen molar-refractivity contribution in [2.75, 3.05) is 0 Å². The lowest BCUT2D eigenvalue weighted by Crippen LogP contribution is -1.82. The summed E-state index contributed by atoms with van der Waals surface area (Å²) in [7, 11) is 0. The number of aromatic nitrogens is 1. The Bertz CT molecular complexity index is 296. The van der Waals surface area contributed by atoms with Crippen molar-refractivity contribution >= 4 is 0 Å². The van der Waals surface area contributed by atoms with E-state index in [1.165, 1.54) is 18.3 Å². The maximum atomic E-state index is 12.5. The molecule has 0 spiro atoms. The van der Waals surface area contributed by atoms with Crippen LogP contribution < -0.4 is 0 Å². The van der Waals surface area contributed by atoms with Crippen LogP contribution in [0.15, 0.2) is 18.3 Å². The van der Waals surface area contributed by atoms with Crippen molar-refractivity contribution < 1.29 is 4.39 Å². The summed E-state index contributed by atoms with van der Waals surface area (Å²) < 4.78 is 12.5. The summed E-state index contributed by atoms with van der Waals surface area (Å²) in [5, 5.41) is 0. The van der Waals surface area contributed by atoms with E-state index >= 15 is 0 Å². The van der Waals surface area contributed by atoms with Gasteiger partial charge in [0, 0.05) is 18.7 Å². The van der Waals surface area contributed by atoms with Crippen molar-refractivity contribution in [2.45, 2.75) is 13.3 Å². The van der Waals surface area contributed by atoms with Gasteiger partial charge in [-0.1, -0.05) is 12.8 Å². The molecule has 0 saturated heterocycles. The third-order valence-corrected chi connectivity index (χ3v) is 1.12. The number of halogens is 1. The highest BCUT2D eigenvalue weighted by Gasteiger charge is 1.89. The molecular formula is C9H8FN. The molecular weight excluding hydrogens is 141 g/mol. The van der Waals surface area contributed by atoms with Crippen LogP contribution in [0.5, 0.6) is 0 Å². The highest BCUT2D eigenvalue weighted by molar-refractivity contribution is 5.26. The molecule has 1 nitrogen and oxygen atoms in total. The molecule has 11 heavy (non-hydrogen) atoms. The molecule has 0 atom stereocenters. The predicted molar refractivity (Wildman–Crippen MR) is 41.4 cm³/mol. The maximum absolute atomic E-state index is 12.5. The van der Waals surface area contributed by atoms with Gasteiger partial charge in [0.2, 0.25) is 0 Å². The van der Waals surface area contributed by atoms with Crippen LogP contribution in [0.25, 0.3) is 0 Å². The van der Waals surface area contributed by atoms with Crippen LogP contribution in [-0.2, 0) is 0 Å². The molecule has 0 fully saturated rings. The standard InChI is InChI=1S/C9H8FN/c1-2-3-4-9-7-8(10)5-6-11-9/h5-7H,2H2,1H3. The minimum Gasteiger partial charge on any atom is -0.248 e. The summed E-state index contributed by atoms with van der Waals surface area (Å²) in [5.41, 5.74) is 0.492. The summed E-state index contributed by atoms with van der Waals surface area (Å²) >= 11 is 0. The molecule has 1 aromatic heterocycles. The Morgan fingerprint density at radius 1 is 1.64 bits per heavy atom. The fourth-order valence-corrected chi connectivity index (χ4v) is 0.652. The minimum atomic E-state index is -0.291. The van der Waals surface area contributed by atoms with Gasteiger partial charge in [-0.15, -0.1) is 0 Å². The topological polar surface area (TPSA) is 12.9 Å². The second-order valence-electron chi connectivity index (χ2n) is 2.01. The SMILES string of the molecule is CCC#Cc1cc(F)ccn1. The average molecular weight is 149 g/mol. The second kappa shape index (κ2) is 3.72. The number of rotatable bonds is 0. The summed E-state index contributed by atoms with van der Waals surface area (Å²) in [6.45, 7) is 1.94. The number of hydrogen-bond acceptors (Lipinski definition) is 1. The molecule has 0 aromatic carbocycles. The normalized spacial score (nSPS) is 8.55. The number of pyridine rings is 1. The first-order valence-electron chi connectivity index (χ1n) is 3.43. The molecule has 1 heterocycles. The Morgan fingerprint density at radius 2 is 2.45 bits per heavy atom. The van der Waals surface area contributed by atoms with E-state index in [0.717, 1.165) is 6.42 Å². The first-order chi connectivity index (χ1) is 5.33. The number of nitrogens with zero attached hydrogens (tertiary/aromatic N) is 1. The van der Waals surface area contributed by atoms with E-state index in [4.69, 9.17) is 0 Å². The van der Waals surface area contributed by atoms with Gasteiger partial charge >= 0.3 is 0 Å². The van der Waals surface area contributed by atoms with Crippen LogP contribution in [0.4, 0.5) is 4.39 Å². The zero-order valence-electron chi connectivity index (χ0n) is 6.26. The monoisotopic (exact) mass is 149 g/mol. The maximum Gasteiger partial charge on any atom is 0.127 e. The summed E-state index contributed by atoms with van der Waals surface area (Å²) in [5.74, 6) is 5.26. The molecule has 56 valence electrons. The molecule has 0 aliphatic rings. The van der Waals surface area contributed by atoms with Gasteiger partial charge in [0.25, 0.3) is 0 Å². The van der Waals surface area contributed by atoms with Gasteiger partial charge in [0.15, 0.2) is 0 Å². The van der Waals surface area contributed by atoms with Crippen LogP contribution in [0.1, 0.15) is 19.0 Å². The molecule has 0 radical (unpaired) electrons. The third kappa shape index (κ3) is 2.38. The fraction of sp³-hybridized carbons (Fsp3) is 0.222. The number of hydrogen-bond donors (Lipinski definition) is 0. The predicted octanol–water partition coefficient (Wildman–Crippen LogP) is 1.98. The van der Waals surface area contributed by atoms with Crippen LogP contribution in [0, 0.1) is 17.7 Å². The molecule has 1 aromatic rings. The van der Waals surface area contributed by atoms with Gasteiger partial charge in [-0.05, 0) is 12.0 Å². The van der Waals surface area contributed by atoms with Crippen LogP contribution in [0.2, 0.25) is 0 Å². The van der Waals surface area contributed by atoms with Gasteiger partial charge < -0.3 is 0 Å². The zero-order valence-corrected chi connectivity index (χ0v) is 6.26. The lowest BCUT2D eigenvalue weighted by Gasteiger charge is -1.87. The molecule has 0 N–H and O–H groups in total. The minimum absolute atomic E-state index is 0.291. The van der Waals surface area contributed by atoms with Crippen molar-refractivity contribution in [3.05, 3.63) is 29.8 Å². The Balaban J connectivity index is 2.87. The summed E-state index contributed by atoms with van der Waals surface area (Å²) in [6.07, 6.45) is 2.17. The van der Waals surface area contributed by atoms with Gasteiger partial charge in [0.05, 0.1) is 0 Å². The molecule has 0 aliphatic heterocycles. The van der Waals surface area contributed by atoms with Gasteiger partial charge in [0.1, 0.15) is 11.5 Å². The Labute approximate surface area is 65.3 Å². The first kappa shape index (κ1) is 7.74. The molecule has 0 unspecified atom stereocenters. The molecule has 2 heteroatoms. The smallest absolute Gasteiger partial charge is 0.127 e. The van der Waals surface area contributed by atoms with Gasteiger partial charge in [-0.2, -0.15) is 0 Å². The van der Waals surface area contributed by atoms with Crippen molar-refractivity contribution in [1.82, 2.24) is 4.98 Å². The zero-order chi connectivity index (χ0) is 8.10. The third-order valence-electron chi connectivity index (χ3n) is 1.12. The van der Waals surface area contributed by atoms with E-state index in [2.05, 4.69) is 16.8 Å². The van der Waals surface area contributed by atoms with Crippen molar-refractivity contribution in [3.63, 3.8) is 0 Å². The van der Waals surface area contributed by atoms with Crippen LogP contribution in [0.3, 0.4) is 0 Å². The summed E-state index contributed by atoms with van der Waals surface area (Å²) in [4.78, 5) is 3.86. The van der Waals surface area contributed by atoms with E-state index in [0.29, 0.717) is 5.69 Å². The van der Waals surface area contributed by atoms with Gasteiger partial charge in [-0.3, -0.25) is 0 Å². The Kier molecular flexibility index (Phi) is 2.62. The van der Waals surface area contributed by atoms with Crippen LogP contribution in [-0.4, -0.2) is 4.98 Å². The highest BCUT2D eigenvalue weighted by atomic mass is 19.1. The van der Waals surface area contributed by atoms with Crippen molar-refractivity contribution in [3.8, 4) is 11.8 Å². The van der Waals surface area contributed by atoms with E-state index < -0.39 is 0 Å². The molecule has 0 bridgehead atoms. The lowest BCUT2D eigenvalue weighted by molar-refractivity contribution is 0.625. The van der Waals surface area contributed by atoms with Crippen molar-refractivity contribution in [1.29, 1.82) is 0 Å². The largest absolute Gasteiger partial charge is 0.248 e. The van der Waals surface area contributed by atoms with E-state index in [1.807, 2.05) is 6.92 Å². The Morgan fingerprint density at radius 3 is 3.09 bits per heavy atom. The Hall–Kier alpha value is -1.36. The molecule has 1 rings (SSSR count). The van der Waals surface area contributed by atoms with Crippen molar-refractivity contribution in [2.24, 2.45) is 0 Å². The summed E-state index contributed by atoms with van der Waals surface area (Å²) in [6, 6.07) is 2.62. The lowest BCUT2D eigenvalue weighted by atomic mass is 10.3.